The molecule has 13 nitrogen and oxygen atoms in total. The van der Waals surface area contributed by atoms with Crippen molar-refractivity contribution in [3.63, 3.8) is 0 Å². The number of thioether (sulfide) groups is 1. The molecule has 0 spiro atoms. The molecule has 1 N–H and O–H groups in total. The van der Waals surface area contributed by atoms with E-state index in [9.17, 15) is 5.11 Å². The van der Waals surface area contributed by atoms with Crippen LogP contribution in [0.15, 0.2) is 20.0 Å². The van der Waals surface area contributed by atoms with Gasteiger partial charge in [-0.05, 0) is 109 Å². The first-order valence-corrected chi connectivity index (χ1v) is 18.4. The summed E-state index contributed by atoms with van der Waals surface area (Å²) < 4.78 is 0. The summed E-state index contributed by atoms with van der Waals surface area (Å²) in [6, 6.07) is 0. The Kier molecular flexibility index (Phi) is 20.2. The highest BCUT2D eigenvalue weighted by Gasteiger charge is 2.21. The van der Waals surface area contributed by atoms with E-state index in [0.717, 1.165) is 57.3 Å². The van der Waals surface area contributed by atoms with Crippen molar-refractivity contribution >= 4 is 37.4 Å². The van der Waals surface area contributed by atoms with Crippen LogP contribution in [0.4, 0.5) is 0 Å². The first-order valence-electron chi connectivity index (χ1n) is 17.3. The average molecular weight is 701 g/mol. The second kappa shape index (κ2) is 22.0. The normalized spacial score (nSPS) is 21.9. The molecule has 280 valence electrons. The van der Waals surface area contributed by atoms with Gasteiger partial charge in [0.1, 0.15) is 0 Å². The van der Waals surface area contributed by atoms with E-state index in [2.05, 4.69) is 40.7 Å². The minimum Gasteiger partial charge on any atom is -0.394 e. The molecule has 4 rings (SSSR count). The van der Waals surface area contributed by atoms with Gasteiger partial charge in [0.25, 0.3) is 0 Å². The summed E-state index contributed by atoms with van der Waals surface area (Å²) in [6.07, 6.45) is 10.4. The fourth-order valence-electron chi connectivity index (χ4n) is 3.47. The number of aliphatic imine (C=N–C) groups is 4. The Morgan fingerprint density at radius 2 is 0.896 bits per heavy atom. The largest absolute Gasteiger partial charge is 0.394 e. The molecule has 0 aromatic heterocycles. The minimum absolute atomic E-state index is 0.0229. The lowest BCUT2D eigenvalue weighted by molar-refractivity contribution is -0.115. The van der Waals surface area contributed by atoms with Crippen molar-refractivity contribution in [2.45, 2.75) is 137 Å². The number of aliphatic hydroxyl groups is 1. The Balaban J connectivity index is 0.000000320. The van der Waals surface area contributed by atoms with Crippen LogP contribution in [0.25, 0.3) is 0 Å². The third kappa shape index (κ3) is 26.9. The van der Waals surface area contributed by atoms with Crippen LogP contribution in [0.3, 0.4) is 0 Å². The molecule has 4 aliphatic rings. The second-order valence-corrected chi connectivity index (χ2v) is 17.1. The Bertz CT molecular complexity index is 917. The molecule has 14 heteroatoms. The molecule has 4 heterocycles. The van der Waals surface area contributed by atoms with Crippen molar-refractivity contribution in [3.8, 4) is 0 Å². The highest BCUT2D eigenvalue weighted by atomic mass is 32.2. The molecule has 0 saturated carbocycles. The van der Waals surface area contributed by atoms with Crippen LogP contribution >= 0.6 is 11.8 Å². The maximum atomic E-state index is 9.19. The molecule has 1 atom stereocenters. The first-order chi connectivity index (χ1) is 22.2. The van der Waals surface area contributed by atoms with Crippen molar-refractivity contribution in [1.82, 2.24) is 20.3 Å². The third-order valence-corrected chi connectivity index (χ3v) is 7.21. The molecule has 4 fully saturated rings. The number of β-amino-alcohol motifs (C(OH)–C–C–N with tert-alkyl or cyclic N) is 1. The zero-order chi connectivity index (χ0) is 36.3. The lowest BCUT2D eigenvalue weighted by atomic mass is 10.1. The Morgan fingerprint density at radius 1 is 0.521 bits per heavy atom. The van der Waals surface area contributed by atoms with Crippen LogP contribution < -0.4 is 0 Å². The fourth-order valence-corrected chi connectivity index (χ4v) is 4.32. The molecule has 4 saturated heterocycles. The Hall–Kier alpha value is -1.97. The van der Waals surface area contributed by atoms with Crippen molar-refractivity contribution < 1.29 is 24.5 Å². The first kappa shape index (κ1) is 44.1. The standard InChI is InChI=1S/C9H18N2O2.C9H18N2O.C8H16N2OS.C8H16N2O/c1-9(2,3)10-7-13-11-5-4-8(12)6-11;1-9(2,3)10-8-12-11-6-4-5-7-11;1-8(2,3)9-6-11-10-4-5-12-7-10;1-8(2,3)9-7-11-10-5-4-6-10/h7-8,12H,4-6H2,1-3H3;8H,4-7H2,1-3H3;6H,4-5,7H2,1-3H3;7H,4-6H2,1-3H3. The van der Waals surface area contributed by atoms with Crippen LogP contribution in [-0.4, -0.2) is 137 Å². The Labute approximate surface area is 296 Å². The van der Waals surface area contributed by atoms with Crippen molar-refractivity contribution in [2.75, 3.05) is 57.4 Å². The van der Waals surface area contributed by atoms with E-state index in [4.69, 9.17) is 19.4 Å². The van der Waals surface area contributed by atoms with E-state index in [-0.39, 0.29) is 28.3 Å². The SMILES string of the molecule is CC(C)(C)N=CON1CCC(O)C1.CC(C)(C)N=CON1CCC1.CC(C)(C)N=CON1CCCC1.CC(C)(C)N=CON1CCSC1. The van der Waals surface area contributed by atoms with Gasteiger partial charge in [0.2, 0.25) is 0 Å². The fraction of sp³-hybridized carbons (Fsp3) is 0.882. The lowest BCUT2D eigenvalue weighted by Gasteiger charge is -2.27. The van der Waals surface area contributed by atoms with Crippen LogP contribution in [0.2, 0.25) is 0 Å². The molecule has 0 aromatic carbocycles. The van der Waals surface area contributed by atoms with Gasteiger partial charge in [0, 0.05) is 45.0 Å². The monoisotopic (exact) mass is 701 g/mol. The molecular formula is C34H68N8O5S. The van der Waals surface area contributed by atoms with E-state index < -0.39 is 0 Å². The molecule has 0 radical (unpaired) electrons. The number of hydrogen-bond donors (Lipinski definition) is 1. The number of nitrogens with zero attached hydrogens (tertiary/aromatic N) is 8. The van der Waals surface area contributed by atoms with Crippen LogP contribution in [0.1, 0.15) is 109 Å². The predicted molar refractivity (Wildman–Crippen MR) is 201 cm³/mol. The quantitative estimate of drug-likeness (QED) is 0.244. The Morgan fingerprint density at radius 3 is 1.19 bits per heavy atom. The zero-order valence-electron chi connectivity index (χ0n) is 32.1. The summed E-state index contributed by atoms with van der Waals surface area (Å²) in [5, 5.41) is 16.7. The van der Waals surface area contributed by atoms with E-state index in [1.54, 1.807) is 24.3 Å². The second-order valence-electron chi connectivity index (χ2n) is 16.0. The lowest BCUT2D eigenvalue weighted by Crippen LogP contribution is -2.36. The van der Waals surface area contributed by atoms with E-state index in [0.29, 0.717) is 6.54 Å². The van der Waals surface area contributed by atoms with Gasteiger partial charge in [0.15, 0.2) is 25.6 Å². The number of aliphatic hydroxyl groups excluding tert-OH is 1. The third-order valence-electron chi connectivity index (χ3n) is 6.27. The zero-order valence-corrected chi connectivity index (χ0v) is 33.0. The number of hydrogen-bond acceptors (Lipinski definition) is 14. The molecule has 4 aliphatic heterocycles. The summed E-state index contributed by atoms with van der Waals surface area (Å²) in [7, 11) is 0. The molecular weight excluding hydrogens is 632 g/mol. The number of hydroxylamine groups is 8. The molecule has 0 amide bonds. The molecule has 0 aromatic rings. The number of rotatable bonds is 8. The average Bonchev–Trinajstić information content (AvgIpc) is 3.69. The van der Waals surface area contributed by atoms with Gasteiger partial charge >= 0.3 is 0 Å². The van der Waals surface area contributed by atoms with E-state index >= 15 is 0 Å². The molecule has 48 heavy (non-hydrogen) atoms. The minimum atomic E-state index is -0.247. The van der Waals surface area contributed by atoms with Gasteiger partial charge in [-0.1, -0.05) is 0 Å². The van der Waals surface area contributed by atoms with E-state index in [1.165, 1.54) is 25.7 Å². The van der Waals surface area contributed by atoms with Gasteiger partial charge in [-0.3, -0.25) is 20.0 Å². The van der Waals surface area contributed by atoms with Crippen LogP contribution in [0, 0.1) is 0 Å². The van der Waals surface area contributed by atoms with Gasteiger partial charge in [0.05, 0.1) is 40.7 Å². The summed E-state index contributed by atoms with van der Waals surface area (Å²) >= 11 is 1.88. The van der Waals surface area contributed by atoms with Crippen molar-refractivity contribution in [2.24, 2.45) is 20.0 Å². The highest BCUT2D eigenvalue weighted by molar-refractivity contribution is 7.99. The maximum absolute atomic E-state index is 9.19. The molecule has 0 aliphatic carbocycles. The van der Waals surface area contributed by atoms with Crippen LogP contribution in [-0.2, 0) is 19.4 Å². The molecule has 0 bridgehead atoms. The van der Waals surface area contributed by atoms with Crippen LogP contribution in [0.5, 0.6) is 0 Å². The maximum Gasteiger partial charge on any atom is 0.197 e. The summed E-state index contributed by atoms with van der Waals surface area (Å²) in [5.41, 5.74) is -0.185. The van der Waals surface area contributed by atoms with Gasteiger partial charge in [-0.15, -0.1) is 32.0 Å². The summed E-state index contributed by atoms with van der Waals surface area (Å²) in [4.78, 5) is 37.9. The van der Waals surface area contributed by atoms with Gasteiger partial charge in [-0.25, -0.2) is 0 Å². The summed E-state index contributed by atoms with van der Waals surface area (Å²) in [6.45, 7) is 31.0. The van der Waals surface area contributed by atoms with Gasteiger partial charge < -0.3 is 24.5 Å². The smallest absolute Gasteiger partial charge is 0.197 e. The highest BCUT2D eigenvalue weighted by Crippen LogP contribution is 2.14. The van der Waals surface area contributed by atoms with Crippen molar-refractivity contribution in [1.29, 1.82) is 0 Å². The topological polar surface area (TPSA) is 120 Å². The predicted octanol–water partition coefficient (Wildman–Crippen LogP) is 5.85. The van der Waals surface area contributed by atoms with Gasteiger partial charge in [-0.2, -0.15) is 0 Å². The molecule has 1 unspecified atom stereocenters. The summed E-state index contributed by atoms with van der Waals surface area (Å²) in [5.74, 6) is 2.11. The van der Waals surface area contributed by atoms with Crippen molar-refractivity contribution in [3.05, 3.63) is 0 Å². The van der Waals surface area contributed by atoms with E-state index in [1.807, 2.05) is 89.3 Å².